The van der Waals surface area contributed by atoms with Gasteiger partial charge in [-0.15, -0.1) is 23.1 Å². The molecule has 35 heavy (non-hydrogen) atoms. The van der Waals surface area contributed by atoms with Crippen LogP contribution in [0.5, 0.6) is 0 Å². The quantitative estimate of drug-likeness (QED) is 0.456. The molecule has 12 heteroatoms. The van der Waals surface area contributed by atoms with Gasteiger partial charge >= 0.3 is 5.13 Å². The predicted octanol–water partition coefficient (Wildman–Crippen LogP) is 3.15. The molecule has 2 aliphatic rings. The van der Waals surface area contributed by atoms with Gasteiger partial charge in [-0.25, -0.2) is 4.57 Å². The molecule has 0 spiro atoms. The molecular formula is C23H25ClN5O2S4+. The van der Waals surface area contributed by atoms with E-state index in [9.17, 15) is 9.59 Å². The molecule has 5 rings (SSSR count). The van der Waals surface area contributed by atoms with Crippen LogP contribution in [0.15, 0.2) is 28.0 Å². The summed E-state index contributed by atoms with van der Waals surface area (Å²) in [6.07, 6.45) is 0. The highest BCUT2D eigenvalue weighted by Gasteiger charge is 2.41. The fourth-order valence-corrected chi connectivity index (χ4v) is 9.30. The maximum Gasteiger partial charge on any atom is 0.385 e. The van der Waals surface area contributed by atoms with Gasteiger partial charge in [-0.1, -0.05) is 11.6 Å². The number of carbonyl (C=O) groups is 1. The zero-order valence-corrected chi connectivity index (χ0v) is 24.0. The molecule has 0 saturated carbocycles. The number of hydrogen-bond acceptors (Lipinski definition) is 8. The number of halogens is 1. The fraction of sp³-hybridized carbons (Fsp3) is 0.391. The summed E-state index contributed by atoms with van der Waals surface area (Å²) in [5.41, 5.74) is 1.00. The Morgan fingerprint density at radius 2 is 2.00 bits per heavy atom. The van der Waals surface area contributed by atoms with E-state index in [0.29, 0.717) is 30.8 Å². The molecule has 4 heterocycles. The highest BCUT2D eigenvalue weighted by Crippen LogP contribution is 2.36. The lowest BCUT2D eigenvalue weighted by Crippen LogP contribution is -2.37. The van der Waals surface area contributed by atoms with Crippen molar-refractivity contribution in [2.24, 2.45) is 12.0 Å². The second-order valence-electron chi connectivity index (χ2n) is 8.51. The van der Waals surface area contributed by atoms with Crippen molar-refractivity contribution < 1.29 is 9.36 Å². The molecule has 2 aromatic heterocycles. The van der Waals surface area contributed by atoms with E-state index in [0.717, 1.165) is 32.7 Å². The van der Waals surface area contributed by atoms with E-state index in [1.165, 1.54) is 34.4 Å². The van der Waals surface area contributed by atoms with Crippen molar-refractivity contribution in [3.8, 4) is 0 Å². The number of thioether (sulfide) groups is 2. The maximum atomic E-state index is 13.7. The molecule has 184 valence electrons. The zero-order chi connectivity index (χ0) is 25.0. The minimum absolute atomic E-state index is 0.0288. The number of aliphatic imine (C=N–C) groups is 1. The molecule has 2 fully saturated rings. The van der Waals surface area contributed by atoms with E-state index >= 15 is 0 Å². The molecule has 0 N–H and O–H groups in total. The third-order valence-electron chi connectivity index (χ3n) is 5.89. The molecule has 0 unspecified atom stereocenters. The number of aromatic nitrogens is 2. The van der Waals surface area contributed by atoms with Gasteiger partial charge in [-0.05, 0) is 67.1 Å². The molecular weight excluding hydrogens is 542 g/mol. The van der Waals surface area contributed by atoms with Crippen LogP contribution in [0.4, 0.5) is 5.13 Å². The highest BCUT2D eigenvalue weighted by molar-refractivity contribution is 8.23. The SMILES string of the molecule is CCn1c(=O)/c(=C2\SCCN2C)s/c1=C1\S/C(=N\c2sc3cc(Cl)ccc3[n+]2C)N(C(C)C)C1=O. The molecule has 2 aliphatic heterocycles. The van der Waals surface area contributed by atoms with Gasteiger partial charge in [0.15, 0.2) is 0 Å². The number of fused-ring (bicyclic) bond motifs is 1. The van der Waals surface area contributed by atoms with E-state index in [-0.39, 0.29) is 17.5 Å². The Kier molecular flexibility index (Phi) is 6.82. The Bertz CT molecular complexity index is 1570. The molecule has 3 aromatic rings. The molecule has 7 nitrogen and oxygen atoms in total. The van der Waals surface area contributed by atoms with Crippen molar-refractivity contribution in [2.45, 2.75) is 33.4 Å². The van der Waals surface area contributed by atoms with E-state index in [2.05, 4.69) is 4.90 Å². The van der Waals surface area contributed by atoms with Crippen LogP contribution < -0.4 is 19.3 Å². The topological polar surface area (TPSA) is 61.8 Å². The minimum Gasteiger partial charge on any atom is -0.367 e. The van der Waals surface area contributed by atoms with Crippen LogP contribution in [0, 0.1) is 0 Å². The number of benzene rings is 1. The first-order chi connectivity index (χ1) is 16.7. The first-order valence-corrected chi connectivity index (χ1v) is 15.0. The summed E-state index contributed by atoms with van der Waals surface area (Å²) in [4.78, 5) is 36.3. The normalized spacial score (nSPS) is 21.0. The number of nitrogens with zero attached hydrogens (tertiary/aromatic N) is 5. The average Bonchev–Trinajstić information content (AvgIpc) is 3.53. The van der Waals surface area contributed by atoms with Gasteiger partial charge in [0.2, 0.25) is 0 Å². The Balaban J connectivity index is 1.70. The van der Waals surface area contributed by atoms with Crippen molar-refractivity contribution in [3.63, 3.8) is 0 Å². The van der Waals surface area contributed by atoms with Gasteiger partial charge in [-0.2, -0.15) is 0 Å². The third kappa shape index (κ3) is 4.25. The van der Waals surface area contributed by atoms with E-state index in [1.54, 1.807) is 21.2 Å². The van der Waals surface area contributed by atoms with Gasteiger partial charge in [0.25, 0.3) is 16.6 Å². The number of hydrogen-bond donors (Lipinski definition) is 0. The van der Waals surface area contributed by atoms with Gasteiger partial charge in [0.1, 0.15) is 19.6 Å². The maximum absolute atomic E-state index is 13.7. The van der Waals surface area contributed by atoms with Gasteiger partial charge in [0.05, 0.1) is 16.8 Å². The summed E-state index contributed by atoms with van der Waals surface area (Å²) in [6, 6.07) is 5.70. The monoisotopic (exact) mass is 566 g/mol. The van der Waals surface area contributed by atoms with Crippen LogP contribution >= 0.6 is 57.8 Å². The van der Waals surface area contributed by atoms with Crippen molar-refractivity contribution in [2.75, 3.05) is 19.3 Å². The summed E-state index contributed by atoms with van der Waals surface area (Å²) in [5, 5.41) is 3.08. The lowest BCUT2D eigenvalue weighted by atomic mass is 10.3. The third-order valence-corrected chi connectivity index (χ3v) is 10.9. The van der Waals surface area contributed by atoms with Crippen molar-refractivity contribution in [3.05, 3.63) is 42.8 Å². The number of aryl methyl sites for hydroxylation is 1. The Morgan fingerprint density at radius 3 is 2.66 bits per heavy atom. The summed E-state index contributed by atoms with van der Waals surface area (Å²) in [6.45, 7) is 7.32. The van der Waals surface area contributed by atoms with Crippen LogP contribution in [0.25, 0.3) is 20.2 Å². The molecule has 0 aliphatic carbocycles. The van der Waals surface area contributed by atoms with Gasteiger partial charge in [-0.3, -0.25) is 19.1 Å². The fourth-order valence-electron chi connectivity index (χ4n) is 4.08. The number of amidine groups is 1. The first-order valence-electron chi connectivity index (χ1n) is 11.2. The summed E-state index contributed by atoms with van der Waals surface area (Å²) < 4.78 is 6.19. The second kappa shape index (κ2) is 9.59. The van der Waals surface area contributed by atoms with E-state index in [1.807, 2.05) is 57.6 Å². The predicted molar refractivity (Wildman–Crippen MR) is 150 cm³/mol. The van der Waals surface area contributed by atoms with Crippen LogP contribution in [0.1, 0.15) is 20.8 Å². The largest absolute Gasteiger partial charge is 0.385 e. The molecule has 1 amide bonds. The molecule has 0 radical (unpaired) electrons. The Morgan fingerprint density at radius 1 is 1.23 bits per heavy atom. The summed E-state index contributed by atoms with van der Waals surface area (Å²) in [5.74, 6) is 0.854. The molecule has 1 aromatic carbocycles. The van der Waals surface area contributed by atoms with Crippen LogP contribution in [0.3, 0.4) is 0 Å². The highest BCUT2D eigenvalue weighted by atomic mass is 35.5. The standard InChI is InChI=1S/C23H25ClN5O2S4/c1-6-28-18(30)16(20-26(4)9-10-32-20)34-21(28)17-19(31)29(12(2)3)23(35-17)25-22-27(5)14-8-7-13(24)11-15(14)33-22/h7-8,11-12H,6,9-10H2,1-5H3/q+1/b20-16+,21-17-. The van der Waals surface area contributed by atoms with Crippen molar-refractivity contribution in [1.82, 2.24) is 14.4 Å². The minimum atomic E-state index is -0.108. The number of carbonyl (C=O) groups excluding carboxylic acids is 1. The number of amides is 1. The molecule has 0 bridgehead atoms. The van der Waals surface area contributed by atoms with Gasteiger partial charge < -0.3 is 4.90 Å². The smallest absolute Gasteiger partial charge is 0.367 e. The van der Waals surface area contributed by atoms with Gasteiger partial charge in [0, 0.05) is 37.0 Å². The van der Waals surface area contributed by atoms with Crippen LogP contribution in [-0.4, -0.2) is 50.8 Å². The van der Waals surface area contributed by atoms with Crippen molar-refractivity contribution in [1.29, 1.82) is 0 Å². The first kappa shape index (κ1) is 24.9. The zero-order valence-electron chi connectivity index (χ0n) is 20.0. The van der Waals surface area contributed by atoms with Crippen LogP contribution in [0.2, 0.25) is 5.02 Å². The van der Waals surface area contributed by atoms with E-state index < -0.39 is 0 Å². The Hall–Kier alpha value is -1.79. The molecule has 0 atom stereocenters. The van der Waals surface area contributed by atoms with E-state index in [4.69, 9.17) is 16.6 Å². The van der Waals surface area contributed by atoms with Crippen molar-refractivity contribution >= 4 is 94.2 Å². The Labute approximate surface area is 224 Å². The van der Waals surface area contributed by atoms with Crippen LogP contribution in [-0.2, 0) is 18.4 Å². The lowest BCUT2D eigenvalue weighted by Gasteiger charge is -2.16. The number of rotatable bonds is 3. The lowest BCUT2D eigenvalue weighted by molar-refractivity contribution is -0.627. The summed E-state index contributed by atoms with van der Waals surface area (Å²) in [7, 11) is 3.97. The molecule has 2 saturated heterocycles. The second-order valence-corrected chi connectivity index (χ2v) is 13.0. The summed E-state index contributed by atoms with van der Waals surface area (Å²) >= 11 is 12.2. The number of thiazole rings is 2. The average molecular weight is 567 g/mol.